The van der Waals surface area contributed by atoms with Crippen molar-refractivity contribution in [1.29, 1.82) is 0 Å². The van der Waals surface area contributed by atoms with Crippen molar-refractivity contribution in [2.75, 3.05) is 12.0 Å². The zero-order valence-corrected chi connectivity index (χ0v) is 18.1. The molecule has 0 bridgehead atoms. The summed E-state index contributed by atoms with van der Waals surface area (Å²) in [5, 5.41) is 3.96. The number of para-hydroxylation sites is 2. The van der Waals surface area contributed by atoms with Gasteiger partial charge in [-0.05, 0) is 72.9 Å². The van der Waals surface area contributed by atoms with Crippen LogP contribution < -0.4 is 15.0 Å². The van der Waals surface area contributed by atoms with Crippen LogP contribution in [0.4, 0.5) is 10.1 Å². The van der Waals surface area contributed by atoms with E-state index in [0.717, 1.165) is 16.9 Å². The Balaban J connectivity index is 1.61. The largest absolute Gasteiger partial charge is 0.495 e. The first-order chi connectivity index (χ1) is 15.7. The second kappa shape index (κ2) is 8.43. The number of thiocarbonyl (C=S) groups is 1. The van der Waals surface area contributed by atoms with Crippen LogP contribution in [0.5, 0.6) is 5.75 Å². The van der Waals surface area contributed by atoms with Gasteiger partial charge < -0.3 is 19.4 Å². The van der Waals surface area contributed by atoms with Crippen molar-refractivity contribution in [2.24, 2.45) is 0 Å². The molecule has 3 heterocycles. The number of furan rings is 1. The van der Waals surface area contributed by atoms with Gasteiger partial charge in [0.05, 0.1) is 24.5 Å². The van der Waals surface area contributed by atoms with Crippen LogP contribution in [0.2, 0.25) is 0 Å². The highest BCUT2D eigenvalue weighted by atomic mass is 32.1. The van der Waals surface area contributed by atoms with Gasteiger partial charge in [-0.3, -0.25) is 4.98 Å². The monoisotopic (exact) mass is 445 g/mol. The highest BCUT2D eigenvalue weighted by Crippen LogP contribution is 2.45. The maximum atomic E-state index is 13.4. The molecule has 7 heteroatoms. The van der Waals surface area contributed by atoms with Crippen LogP contribution in [0, 0.1) is 5.82 Å². The van der Waals surface area contributed by atoms with Crippen LogP contribution in [0.25, 0.3) is 11.3 Å². The Labute approximate surface area is 190 Å². The molecule has 1 aliphatic rings. The zero-order valence-electron chi connectivity index (χ0n) is 17.2. The summed E-state index contributed by atoms with van der Waals surface area (Å²) in [7, 11) is 1.64. The van der Waals surface area contributed by atoms with Crippen molar-refractivity contribution in [3.8, 4) is 17.1 Å². The maximum Gasteiger partial charge on any atom is 0.174 e. The van der Waals surface area contributed by atoms with E-state index < -0.39 is 0 Å². The second-order valence-corrected chi connectivity index (χ2v) is 7.76. The molecule has 2 aromatic carbocycles. The van der Waals surface area contributed by atoms with Crippen molar-refractivity contribution in [1.82, 2.24) is 10.3 Å². The van der Waals surface area contributed by atoms with E-state index in [4.69, 9.17) is 21.4 Å². The van der Waals surface area contributed by atoms with Crippen LogP contribution in [0.15, 0.2) is 89.5 Å². The summed E-state index contributed by atoms with van der Waals surface area (Å²) in [4.78, 5) is 6.55. The van der Waals surface area contributed by atoms with Gasteiger partial charge >= 0.3 is 0 Å². The van der Waals surface area contributed by atoms with Gasteiger partial charge in [-0.1, -0.05) is 18.2 Å². The van der Waals surface area contributed by atoms with E-state index in [9.17, 15) is 4.39 Å². The summed E-state index contributed by atoms with van der Waals surface area (Å²) in [5.41, 5.74) is 2.47. The van der Waals surface area contributed by atoms with Crippen molar-refractivity contribution >= 4 is 23.0 Å². The standard InChI is InChI=1S/C25H20FN3O2S/c1-30-21-8-3-2-7-19(21)29-24(23(28-25(29)32)18-6-4-5-15-27-18)22-14-13-20(31-22)16-9-11-17(26)12-10-16/h2-15,23-24H,1H3,(H,28,32)/t23-,24-/m0/s1. The Kier molecular flexibility index (Phi) is 5.33. The van der Waals surface area contributed by atoms with Crippen molar-refractivity contribution < 1.29 is 13.5 Å². The highest BCUT2D eigenvalue weighted by molar-refractivity contribution is 7.80. The lowest BCUT2D eigenvalue weighted by atomic mass is 10.0. The van der Waals surface area contributed by atoms with Crippen molar-refractivity contribution in [2.45, 2.75) is 12.1 Å². The normalized spacial score (nSPS) is 17.9. The smallest absolute Gasteiger partial charge is 0.174 e. The van der Waals surface area contributed by atoms with Crippen molar-refractivity contribution in [3.05, 3.63) is 102 Å². The quantitative estimate of drug-likeness (QED) is 0.400. The van der Waals surface area contributed by atoms with Gasteiger partial charge in [0, 0.05) is 11.8 Å². The summed E-state index contributed by atoms with van der Waals surface area (Å²) in [6.45, 7) is 0. The Morgan fingerprint density at radius 3 is 2.53 bits per heavy atom. The van der Waals surface area contributed by atoms with Gasteiger partial charge in [-0.15, -0.1) is 0 Å². The lowest BCUT2D eigenvalue weighted by Gasteiger charge is -2.27. The maximum absolute atomic E-state index is 13.4. The number of methoxy groups -OCH3 is 1. The molecule has 0 spiro atoms. The average Bonchev–Trinajstić information content (AvgIpc) is 3.44. The molecule has 1 N–H and O–H groups in total. The summed E-state index contributed by atoms with van der Waals surface area (Å²) in [6, 6.07) is 23.0. The van der Waals surface area contributed by atoms with Crippen LogP contribution >= 0.6 is 12.2 Å². The third-order valence-electron chi connectivity index (χ3n) is 5.49. The third-order valence-corrected chi connectivity index (χ3v) is 5.80. The SMILES string of the molecule is COc1ccccc1N1C(=S)N[C@@H](c2ccccn2)[C@@H]1c1ccc(-c2ccc(F)cc2)o1. The van der Waals surface area contributed by atoms with E-state index in [2.05, 4.69) is 10.3 Å². The highest BCUT2D eigenvalue weighted by Gasteiger charge is 2.43. The first kappa shape index (κ1) is 20.2. The van der Waals surface area contributed by atoms with Crippen LogP contribution in [-0.2, 0) is 0 Å². The van der Waals surface area contributed by atoms with E-state index in [1.165, 1.54) is 12.1 Å². The van der Waals surface area contributed by atoms with Gasteiger partial charge in [0.15, 0.2) is 5.11 Å². The number of anilines is 1. The van der Waals surface area contributed by atoms with Crippen molar-refractivity contribution in [3.63, 3.8) is 0 Å². The Morgan fingerprint density at radius 1 is 1.00 bits per heavy atom. The predicted octanol–water partition coefficient (Wildman–Crippen LogP) is 5.67. The number of hydrogen-bond acceptors (Lipinski definition) is 4. The predicted molar refractivity (Wildman–Crippen MR) is 125 cm³/mol. The van der Waals surface area contributed by atoms with Gasteiger partial charge in [0.25, 0.3) is 0 Å². The molecule has 1 saturated heterocycles. The molecule has 1 fully saturated rings. The average molecular weight is 446 g/mol. The molecular formula is C25H20FN3O2S. The van der Waals surface area contributed by atoms with E-state index in [0.29, 0.717) is 22.4 Å². The van der Waals surface area contributed by atoms with Gasteiger partial charge in [0.2, 0.25) is 0 Å². The molecular weight excluding hydrogens is 425 g/mol. The number of halogens is 1. The van der Waals surface area contributed by atoms with Gasteiger partial charge in [0.1, 0.15) is 29.1 Å². The van der Waals surface area contributed by atoms with E-state index in [1.54, 1.807) is 25.4 Å². The lowest BCUT2D eigenvalue weighted by molar-refractivity contribution is 0.409. The number of ether oxygens (including phenoxy) is 1. The van der Waals surface area contributed by atoms with Crippen LogP contribution in [0.3, 0.4) is 0 Å². The van der Waals surface area contributed by atoms with E-state index in [-0.39, 0.29) is 17.9 Å². The number of nitrogens with zero attached hydrogens (tertiary/aromatic N) is 2. The molecule has 2 atom stereocenters. The summed E-state index contributed by atoms with van der Waals surface area (Å²) in [6.07, 6.45) is 1.76. The molecule has 5 rings (SSSR count). The topological polar surface area (TPSA) is 50.5 Å². The summed E-state index contributed by atoms with van der Waals surface area (Å²) in [5.74, 6) is 1.77. The second-order valence-electron chi connectivity index (χ2n) is 7.38. The minimum absolute atomic E-state index is 0.235. The third kappa shape index (κ3) is 3.61. The summed E-state index contributed by atoms with van der Waals surface area (Å²) < 4.78 is 25.3. The molecule has 2 aromatic heterocycles. The number of benzene rings is 2. The van der Waals surface area contributed by atoms with Gasteiger partial charge in [-0.25, -0.2) is 4.39 Å². The molecule has 4 aromatic rings. The molecule has 0 amide bonds. The minimum atomic E-state index is -0.303. The minimum Gasteiger partial charge on any atom is -0.495 e. The molecule has 160 valence electrons. The molecule has 0 saturated carbocycles. The Morgan fingerprint density at radius 2 is 1.78 bits per heavy atom. The Bertz CT molecular complexity index is 1240. The molecule has 0 unspecified atom stereocenters. The van der Waals surface area contributed by atoms with Crippen LogP contribution in [-0.4, -0.2) is 17.2 Å². The number of nitrogens with one attached hydrogen (secondary N) is 1. The number of pyridine rings is 1. The lowest BCUT2D eigenvalue weighted by Crippen LogP contribution is -2.29. The number of aromatic nitrogens is 1. The zero-order chi connectivity index (χ0) is 22.1. The molecule has 32 heavy (non-hydrogen) atoms. The summed E-state index contributed by atoms with van der Waals surface area (Å²) >= 11 is 5.75. The fourth-order valence-corrected chi connectivity index (χ4v) is 4.35. The Hall–Kier alpha value is -3.71. The van der Waals surface area contributed by atoms with E-state index >= 15 is 0 Å². The fourth-order valence-electron chi connectivity index (χ4n) is 4.01. The molecule has 0 radical (unpaired) electrons. The van der Waals surface area contributed by atoms with E-state index in [1.807, 2.05) is 59.5 Å². The molecule has 1 aliphatic heterocycles. The molecule has 0 aliphatic carbocycles. The fraction of sp³-hybridized carbons (Fsp3) is 0.120. The van der Waals surface area contributed by atoms with Gasteiger partial charge in [-0.2, -0.15) is 0 Å². The van der Waals surface area contributed by atoms with Crippen LogP contribution in [0.1, 0.15) is 23.5 Å². The first-order valence-electron chi connectivity index (χ1n) is 10.1. The number of rotatable bonds is 5. The number of hydrogen-bond donors (Lipinski definition) is 1. The first-order valence-corrected chi connectivity index (χ1v) is 10.6. The molecule has 5 nitrogen and oxygen atoms in total.